The number of aryl methyl sites for hydroxylation is 2. The van der Waals surface area contributed by atoms with Crippen LogP contribution in [0.15, 0.2) is 60.2 Å². The van der Waals surface area contributed by atoms with Crippen LogP contribution in [0.3, 0.4) is 0 Å². The van der Waals surface area contributed by atoms with Crippen LogP contribution >= 0.6 is 34.2 Å². The van der Waals surface area contributed by atoms with Crippen molar-refractivity contribution in [2.75, 3.05) is 23.4 Å². The summed E-state index contributed by atoms with van der Waals surface area (Å²) in [5.74, 6) is -1.30. The van der Waals surface area contributed by atoms with Crippen LogP contribution in [0, 0.1) is 17.4 Å². The summed E-state index contributed by atoms with van der Waals surface area (Å²) in [4.78, 5) is 51.9. The van der Waals surface area contributed by atoms with E-state index in [2.05, 4.69) is 10.6 Å². The van der Waals surface area contributed by atoms with Crippen LogP contribution in [-0.4, -0.2) is 37.0 Å². The minimum absolute atomic E-state index is 0.230. The first-order valence-corrected chi connectivity index (χ1v) is 13.7. The Morgan fingerprint density at radius 3 is 2.50 bits per heavy atom. The molecule has 0 aromatic heterocycles. The smallest absolute Gasteiger partial charge is 0.335 e. The van der Waals surface area contributed by atoms with E-state index < -0.39 is 17.8 Å². The molecule has 1 aliphatic rings. The van der Waals surface area contributed by atoms with E-state index in [4.69, 9.17) is 21.1 Å². The highest BCUT2D eigenvalue weighted by atomic mass is 127. The fraction of sp³-hybridized carbons (Fsp3) is 0.172. The molecule has 0 atom stereocenters. The Morgan fingerprint density at radius 1 is 1.05 bits per heavy atom. The van der Waals surface area contributed by atoms with E-state index >= 15 is 0 Å². The summed E-state index contributed by atoms with van der Waals surface area (Å²) in [6.45, 7) is 5.52. The van der Waals surface area contributed by atoms with Gasteiger partial charge in [0, 0.05) is 10.7 Å². The average molecular weight is 674 g/mol. The number of carbonyl (C=O) groups is 4. The normalized spacial score (nSPS) is 14.3. The van der Waals surface area contributed by atoms with Crippen molar-refractivity contribution in [2.45, 2.75) is 20.8 Å². The van der Waals surface area contributed by atoms with Gasteiger partial charge in [0.15, 0.2) is 18.1 Å². The minimum atomic E-state index is -0.871. The van der Waals surface area contributed by atoms with Crippen molar-refractivity contribution in [3.05, 3.63) is 85.5 Å². The number of nitrogens with one attached hydrogen (secondary N) is 2. The average Bonchev–Trinajstić information content (AvgIpc) is 2.89. The van der Waals surface area contributed by atoms with Crippen LogP contribution < -0.4 is 25.0 Å². The molecule has 5 amide bonds. The molecule has 0 spiro atoms. The molecule has 206 valence electrons. The lowest BCUT2D eigenvalue weighted by molar-refractivity contribution is -0.122. The molecule has 11 heteroatoms. The van der Waals surface area contributed by atoms with Crippen LogP contribution in [0.25, 0.3) is 6.08 Å². The number of imide groups is 2. The standard InChI is InChI=1S/C29H25ClIN3O6/c1-4-39-24-13-18(12-22(31)26(24)40-15-25(35)32-23-8-6-5-7-17(23)3)11-20-27(36)33-29(38)34(28(20)37)19-10-9-16(2)21(30)14-19/h5-14H,4,15H2,1-3H3,(H,32,35)(H,33,36,38)/b20-11+. The zero-order valence-electron chi connectivity index (χ0n) is 21.8. The third-order valence-electron chi connectivity index (χ3n) is 5.92. The van der Waals surface area contributed by atoms with Crippen molar-refractivity contribution in [1.82, 2.24) is 5.32 Å². The van der Waals surface area contributed by atoms with Crippen molar-refractivity contribution in [1.29, 1.82) is 0 Å². The Balaban J connectivity index is 1.59. The van der Waals surface area contributed by atoms with Gasteiger partial charge in [0.2, 0.25) is 0 Å². The van der Waals surface area contributed by atoms with Gasteiger partial charge in [-0.15, -0.1) is 0 Å². The molecular weight excluding hydrogens is 649 g/mol. The highest BCUT2D eigenvalue weighted by Crippen LogP contribution is 2.35. The zero-order chi connectivity index (χ0) is 29.0. The summed E-state index contributed by atoms with van der Waals surface area (Å²) in [7, 11) is 0. The van der Waals surface area contributed by atoms with E-state index in [0.29, 0.717) is 37.9 Å². The molecule has 2 N–H and O–H groups in total. The number of anilines is 2. The van der Waals surface area contributed by atoms with Gasteiger partial charge in [-0.25, -0.2) is 9.69 Å². The summed E-state index contributed by atoms with van der Waals surface area (Å²) in [5.41, 5.74) is 2.82. The van der Waals surface area contributed by atoms with Crippen molar-refractivity contribution >= 4 is 75.4 Å². The Morgan fingerprint density at radius 2 is 1.80 bits per heavy atom. The van der Waals surface area contributed by atoms with Gasteiger partial charge < -0.3 is 14.8 Å². The summed E-state index contributed by atoms with van der Waals surface area (Å²) in [5, 5.41) is 5.39. The Labute approximate surface area is 249 Å². The minimum Gasteiger partial charge on any atom is -0.490 e. The molecule has 0 bridgehead atoms. The van der Waals surface area contributed by atoms with Gasteiger partial charge in [-0.3, -0.25) is 19.7 Å². The number of hydrogen-bond donors (Lipinski definition) is 2. The number of amides is 5. The number of barbiturate groups is 1. The fourth-order valence-corrected chi connectivity index (χ4v) is 4.85. The molecule has 0 saturated carbocycles. The first-order valence-electron chi connectivity index (χ1n) is 12.2. The van der Waals surface area contributed by atoms with E-state index in [1.165, 1.54) is 12.1 Å². The van der Waals surface area contributed by atoms with Crippen molar-refractivity contribution in [2.24, 2.45) is 0 Å². The molecular formula is C29H25ClIN3O6. The lowest BCUT2D eigenvalue weighted by Crippen LogP contribution is -2.54. The topological polar surface area (TPSA) is 114 Å². The Hall–Kier alpha value is -3.90. The molecule has 3 aromatic carbocycles. The summed E-state index contributed by atoms with van der Waals surface area (Å²) >= 11 is 8.22. The second-order valence-electron chi connectivity index (χ2n) is 8.81. The summed E-state index contributed by atoms with van der Waals surface area (Å²) in [6, 6.07) is 14.5. The monoisotopic (exact) mass is 673 g/mol. The summed E-state index contributed by atoms with van der Waals surface area (Å²) in [6.07, 6.45) is 1.37. The lowest BCUT2D eigenvalue weighted by atomic mass is 10.1. The molecule has 9 nitrogen and oxygen atoms in total. The highest BCUT2D eigenvalue weighted by molar-refractivity contribution is 14.1. The van der Waals surface area contributed by atoms with Gasteiger partial charge in [0.25, 0.3) is 17.7 Å². The van der Waals surface area contributed by atoms with E-state index in [1.807, 2.05) is 47.7 Å². The Bertz CT molecular complexity index is 1550. The lowest BCUT2D eigenvalue weighted by Gasteiger charge is -2.26. The van der Waals surface area contributed by atoms with Gasteiger partial charge in [-0.1, -0.05) is 35.9 Å². The maximum atomic E-state index is 13.3. The Kier molecular flexibility index (Phi) is 9.10. The van der Waals surface area contributed by atoms with E-state index in [1.54, 1.807) is 44.2 Å². The van der Waals surface area contributed by atoms with E-state index in [0.717, 1.165) is 16.0 Å². The highest BCUT2D eigenvalue weighted by Gasteiger charge is 2.37. The second-order valence-corrected chi connectivity index (χ2v) is 10.4. The van der Waals surface area contributed by atoms with Crippen LogP contribution in [0.1, 0.15) is 23.6 Å². The third kappa shape index (κ3) is 6.45. The summed E-state index contributed by atoms with van der Waals surface area (Å²) < 4.78 is 12.1. The number of urea groups is 1. The predicted molar refractivity (Wildman–Crippen MR) is 161 cm³/mol. The fourth-order valence-electron chi connectivity index (χ4n) is 3.89. The van der Waals surface area contributed by atoms with E-state index in [9.17, 15) is 19.2 Å². The molecule has 0 radical (unpaired) electrons. The quantitative estimate of drug-likeness (QED) is 0.182. The van der Waals surface area contributed by atoms with Crippen LogP contribution in [0.4, 0.5) is 16.2 Å². The van der Waals surface area contributed by atoms with E-state index in [-0.39, 0.29) is 23.8 Å². The molecule has 0 unspecified atom stereocenters. The number of nitrogens with zero attached hydrogens (tertiary/aromatic N) is 1. The van der Waals surface area contributed by atoms with Gasteiger partial charge >= 0.3 is 6.03 Å². The van der Waals surface area contributed by atoms with Gasteiger partial charge in [0.05, 0.1) is 15.9 Å². The van der Waals surface area contributed by atoms with Crippen LogP contribution in [0.2, 0.25) is 5.02 Å². The number of ether oxygens (including phenoxy) is 2. The molecule has 1 heterocycles. The molecule has 40 heavy (non-hydrogen) atoms. The second kappa shape index (κ2) is 12.5. The number of carbonyl (C=O) groups excluding carboxylic acids is 4. The molecule has 1 saturated heterocycles. The maximum Gasteiger partial charge on any atom is 0.335 e. The molecule has 1 aliphatic heterocycles. The predicted octanol–water partition coefficient (Wildman–Crippen LogP) is 5.64. The van der Waals surface area contributed by atoms with Gasteiger partial charge in [-0.2, -0.15) is 0 Å². The molecule has 3 aromatic rings. The van der Waals surface area contributed by atoms with Gasteiger partial charge in [0.1, 0.15) is 5.57 Å². The zero-order valence-corrected chi connectivity index (χ0v) is 24.8. The van der Waals surface area contributed by atoms with Crippen molar-refractivity contribution in [3.8, 4) is 11.5 Å². The number of rotatable bonds is 8. The molecule has 1 fully saturated rings. The van der Waals surface area contributed by atoms with Crippen molar-refractivity contribution < 1.29 is 28.7 Å². The number of benzene rings is 3. The molecule has 4 rings (SSSR count). The first kappa shape index (κ1) is 29.1. The number of hydrogen-bond acceptors (Lipinski definition) is 6. The van der Waals surface area contributed by atoms with Crippen molar-refractivity contribution in [3.63, 3.8) is 0 Å². The SMILES string of the molecule is CCOc1cc(/C=C2\C(=O)NC(=O)N(c3ccc(C)c(Cl)c3)C2=O)cc(I)c1OCC(=O)Nc1ccccc1C. The maximum absolute atomic E-state index is 13.3. The largest absolute Gasteiger partial charge is 0.490 e. The third-order valence-corrected chi connectivity index (χ3v) is 7.13. The molecule has 0 aliphatic carbocycles. The first-order chi connectivity index (χ1) is 19.1. The van der Waals surface area contributed by atoms with Crippen LogP contribution in [-0.2, 0) is 14.4 Å². The van der Waals surface area contributed by atoms with Crippen LogP contribution in [0.5, 0.6) is 11.5 Å². The number of para-hydroxylation sites is 1. The van der Waals surface area contributed by atoms with Gasteiger partial charge in [-0.05, 0) is 96.5 Å². The number of halogens is 2.